The first-order valence-electron chi connectivity index (χ1n) is 8.37. The highest BCUT2D eigenvalue weighted by molar-refractivity contribution is 7.99. The quantitative estimate of drug-likeness (QED) is 0.594. The zero-order chi connectivity index (χ0) is 19.2. The first-order chi connectivity index (χ1) is 13.1. The smallest absolute Gasteiger partial charge is 0.234 e. The van der Waals surface area contributed by atoms with Crippen molar-refractivity contribution in [2.24, 2.45) is 0 Å². The summed E-state index contributed by atoms with van der Waals surface area (Å²) < 4.78 is 7.24. The first kappa shape index (κ1) is 19.3. The number of carbonyl (C=O) groups excluding carboxylic acids is 1. The summed E-state index contributed by atoms with van der Waals surface area (Å²) in [7, 11) is 1.54. The third kappa shape index (κ3) is 4.61. The van der Waals surface area contributed by atoms with Crippen molar-refractivity contribution in [2.45, 2.75) is 18.6 Å². The SMILES string of the molecule is CCn1c(SCC(=O)Nc2cc(Cl)ccc2OC)nnc1-c1ccccc1. The molecule has 3 aromatic rings. The Bertz CT molecular complexity index is 931. The predicted molar refractivity (Wildman–Crippen MR) is 108 cm³/mol. The van der Waals surface area contributed by atoms with E-state index in [1.807, 2.05) is 41.8 Å². The van der Waals surface area contributed by atoms with Crippen molar-refractivity contribution in [3.8, 4) is 17.1 Å². The molecule has 1 N–H and O–H groups in total. The molecule has 8 heteroatoms. The lowest BCUT2D eigenvalue weighted by Gasteiger charge is -2.11. The average Bonchev–Trinajstić information content (AvgIpc) is 3.10. The Hall–Kier alpha value is -2.51. The van der Waals surface area contributed by atoms with Gasteiger partial charge in [-0.3, -0.25) is 4.79 Å². The van der Waals surface area contributed by atoms with Gasteiger partial charge in [0.05, 0.1) is 18.6 Å². The third-order valence-corrected chi connectivity index (χ3v) is 5.03. The fourth-order valence-electron chi connectivity index (χ4n) is 2.58. The molecule has 0 unspecified atom stereocenters. The topological polar surface area (TPSA) is 69.0 Å². The zero-order valence-electron chi connectivity index (χ0n) is 15.0. The van der Waals surface area contributed by atoms with Crippen LogP contribution >= 0.6 is 23.4 Å². The molecule has 27 heavy (non-hydrogen) atoms. The van der Waals surface area contributed by atoms with Crippen LogP contribution in [0, 0.1) is 0 Å². The van der Waals surface area contributed by atoms with E-state index in [0.717, 1.165) is 11.4 Å². The van der Waals surface area contributed by atoms with Crippen LogP contribution < -0.4 is 10.1 Å². The van der Waals surface area contributed by atoms with Crippen molar-refractivity contribution in [3.63, 3.8) is 0 Å². The number of halogens is 1. The molecule has 0 bridgehead atoms. The number of thioether (sulfide) groups is 1. The van der Waals surface area contributed by atoms with Gasteiger partial charge in [-0.05, 0) is 25.1 Å². The van der Waals surface area contributed by atoms with Gasteiger partial charge in [0.25, 0.3) is 0 Å². The van der Waals surface area contributed by atoms with Gasteiger partial charge >= 0.3 is 0 Å². The van der Waals surface area contributed by atoms with Crippen LogP contribution in [-0.4, -0.2) is 33.5 Å². The van der Waals surface area contributed by atoms with Crippen LogP contribution in [0.2, 0.25) is 5.02 Å². The molecule has 0 saturated carbocycles. The molecule has 0 saturated heterocycles. The van der Waals surface area contributed by atoms with Crippen LogP contribution in [0.25, 0.3) is 11.4 Å². The maximum Gasteiger partial charge on any atom is 0.234 e. The van der Waals surface area contributed by atoms with Gasteiger partial charge in [0.2, 0.25) is 5.91 Å². The van der Waals surface area contributed by atoms with E-state index in [0.29, 0.717) is 28.2 Å². The van der Waals surface area contributed by atoms with Crippen LogP contribution in [0.1, 0.15) is 6.92 Å². The maximum absolute atomic E-state index is 12.4. The number of benzene rings is 2. The van der Waals surface area contributed by atoms with Crippen LogP contribution in [0.4, 0.5) is 5.69 Å². The predicted octanol–water partition coefficient (Wildman–Crippen LogP) is 4.36. The number of methoxy groups -OCH3 is 1. The van der Waals surface area contributed by atoms with Crippen molar-refractivity contribution < 1.29 is 9.53 Å². The summed E-state index contributed by atoms with van der Waals surface area (Å²) in [6.45, 7) is 2.74. The second-order valence-electron chi connectivity index (χ2n) is 5.60. The molecule has 1 amide bonds. The Labute approximate surface area is 166 Å². The van der Waals surface area contributed by atoms with Gasteiger partial charge in [-0.25, -0.2) is 0 Å². The second-order valence-corrected chi connectivity index (χ2v) is 6.98. The van der Waals surface area contributed by atoms with Crippen LogP contribution in [0.5, 0.6) is 5.75 Å². The number of hydrogen-bond acceptors (Lipinski definition) is 5. The van der Waals surface area contributed by atoms with Gasteiger partial charge in [-0.1, -0.05) is 53.7 Å². The van der Waals surface area contributed by atoms with E-state index < -0.39 is 0 Å². The van der Waals surface area contributed by atoms with E-state index in [9.17, 15) is 4.79 Å². The Morgan fingerprint density at radius 1 is 1.22 bits per heavy atom. The van der Waals surface area contributed by atoms with Crippen molar-refractivity contribution in [1.82, 2.24) is 14.8 Å². The Morgan fingerprint density at radius 2 is 2.00 bits per heavy atom. The third-order valence-electron chi connectivity index (χ3n) is 3.83. The lowest BCUT2D eigenvalue weighted by molar-refractivity contribution is -0.113. The number of carbonyl (C=O) groups is 1. The number of nitrogens with one attached hydrogen (secondary N) is 1. The summed E-state index contributed by atoms with van der Waals surface area (Å²) in [5.41, 5.74) is 1.53. The molecule has 1 aromatic heterocycles. The minimum absolute atomic E-state index is 0.174. The fourth-order valence-corrected chi connectivity index (χ4v) is 3.55. The number of aromatic nitrogens is 3. The Balaban J connectivity index is 1.69. The Kier molecular flexibility index (Phi) is 6.36. The molecule has 0 fully saturated rings. The lowest BCUT2D eigenvalue weighted by Crippen LogP contribution is -2.15. The van der Waals surface area contributed by atoms with E-state index in [1.54, 1.807) is 25.3 Å². The van der Waals surface area contributed by atoms with Crippen LogP contribution in [-0.2, 0) is 11.3 Å². The number of anilines is 1. The zero-order valence-corrected chi connectivity index (χ0v) is 16.5. The summed E-state index contributed by atoms with van der Waals surface area (Å²) >= 11 is 7.33. The minimum atomic E-state index is -0.174. The highest BCUT2D eigenvalue weighted by atomic mass is 35.5. The average molecular weight is 403 g/mol. The molecule has 0 aliphatic rings. The normalized spacial score (nSPS) is 10.6. The van der Waals surface area contributed by atoms with Gasteiger partial charge in [-0.15, -0.1) is 10.2 Å². The van der Waals surface area contributed by atoms with Gasteiger partial charge in [-0.2, -0.15) is 0 Å². The van der Waals surface area contributed by atoms with Gasteiger partial charge in [0.15, 0.2) is 11.0 Å². The standard InChI is InChI=1S/C19H19ClN4O2S/c1-3-24-18(13-7-5-4-6-8-13)22-23-19(24)27-12-17(25)21-15-11-14(20)9-10-16(15)26-2/h4-11H,3,12H2,1-2H3,(H,21,25). The van der Waals surface area contributed by atoms with Crippen molar-refractivity contribution in [2.75, 3.05) is 18.2 Å². The molecule has 0 spiro atoms. The fraction of sp³-hybridized carbons (Fsp3) is 0.211. The summed E-state index contributed by atoms with van der Waals surface area (Å²) in [5, 5.41) is 12.6. The molecule has 2 aromatic carbocycles. The number of ether oxygens (including phenoxy) is 1. The van der Waals surface area contributed by atoms with Gasteiger partial charge in [0.1, 0.15) is 5.75 Å². The molecule has 1 heterocycles. The van der Waals surface area contributed by atoms with E-state index in [2.05, 4.69) is 15.5 Å². The molecule has 0 aliphatic heterocycles. The molecule has 140 valence electrons. The summed E-state index contributed by atoms with van der Waals surface area (Å²) in [6.07, 6.45) is 0. The summed E-state index contributed by atoms with van der Waals surface area (Å²) in [4.78, 5) is 12.4. The second kappa shape index (κ2) is 8.92. The van der Waals surface area contributed by atoms with Crippen molar-refractivity contribution in [3.05, 3.63) is 53.6 Å². The van der Waals surface area contributed by atoms with E-state index >= 15 is 0 Å². The van der Waals surface area contributed by atoms with Crippen LogP contribution in [0.3, 0.4) is 0 Å². The molecule has 3 rings (SSSR count). The highest BCUT2D eigenvalue weighted by Crippen LogP contribution is 2.28. The van der Waals surface area contributed by atoms with Gasteiger partial charge in [0, 0.05) is 17.1 Å². The summed E-state index contributed by atoms with van der Waals surface area (Å²) in [5.74, 6) is 1.37. The van der Waals surface area contributed by atoms with Gasteiger partial charge < -0.3 is 14.6 Å². The van der Waals surface area contributed by atoms with E-state index in [1.165, 1.54) is 11.8 Å². The van der Waals surface area contributed by atoms with E-state index in [4.69, 9.17) is 16.3 Å². The molecule has 6 nitrogen and oxygen atoms in total. The largest absolute Gasteiger partial charge is 0.495 e. The first-order valence-corrected chi connectivity index (χ1v) is 9.73. The van der Waals surface area contributed by atoms with Crippen molar-refractivity contribution in [1.29, 1.82) is 0 Å². The monoisotopic (exact) mass is 402 g/mol. The minimum Gasteiger partial charge on any atom is -0.495 e. The number of rotatable bonds is 7. The molecular weight excluding hydrogens is 384 g/mol. The number of amides is 1. The molecular formula is C19H19ClN4O2S. The number of hydrogen-bond donors (Lipinski definition) is 1. The number of nitrogens with zero attached hydrogens (tertiary/aromatic N) is 3. The Morgan fingerprint density at radius 3 is 2.70 bits per heavy atom. The molecule has 0 aliphatic carbocycles. The molecule has 0 radical (unpaired) electrons. The summed E-state index contributed by atoms with van der Waals surface area (Å²) in [6, 6.07) is 14.9. The lowest BCUT2D eigenvalue weighted by atomic mass is 10.2. The van der Waals surface area contributed by atoms with Crippen LogP contribution in [0.15, 0.2) is 53.7 Å². The maximum atomic E-state index is 12.4. The van der Waals surface area contributed by atoms with Crippen molar-refractivity contribution >= 4 is 35.0 Å². The highest BCUT2D eigenvalue weighted by Gasteiger charge is 2.15. The van der Waals surface area contributed by atoms with E-state index in [-0.39, 0.29) is 11.7 Å². The molecule has 0 atom stereocenters.